The van der Waals surface area contributed by atoms with Gasteiger partial charge in [0, 0.05) is 0 Å². The molecule has 0 saturated heterocycles. The third-order valence-corrected chi connectivity index (χ3v) is 3.29. The fourth-order valence-electron chi connectivity index (χ4n) is 1.11. The lowest BCUT2D eigenvalue weighted by Crippen LogP contribution is -2.12. The third kappa shape index (κ3) is 3.33. The summed E-state index contributed by atoms with van der Waals surface area (Å²) in [6, 6.07) is 7.93. The summed E-state index contributed by atoms with van der Waals surface area (Å²) in [5.41, 5.74) is 6.64. The summed E-state index contributed by atoms with van der Waals surface area (Å²) in [6.07, 6.45) is 1.73. The highest BCUT2D eigenvalue weighted by Crippen LogP contribution is 2.17. The van der Waals surface area contributed by atoms with Crippen molar-refractivity contribution in [1.82, 2.24) is 0 Å². The van der Waals surface area contributed by atoms with Gasteiger partial charge in [-0.2, -0.15) is 0 Å². The van der Waals surface area contributed by atoms with Crippen molar-refractivity contribution in [2.24, 2.45) is 10.7 Å². The molecule has 1 aromatic carbocycles. The SMILES string of the molecule is C/C=C(/Cl)C(N)=Nc1ccccc1PC. The Labute approximate surface area is 97.0 Å². The van der Waals surface area contributed by atoms with Gasteiger partial charge in [-0.25, -0.2) is 4.99 Å². The molecule has 0 bridgehead atoms. The minimum Gasteiger partial charge on any atom is -0.382 e. The van der Waals surface area contributed by atoms with Crippen LogP contribution in [0.3, 0.4) is 0 Å². The summed E-state index contributed by atoms with van der Waals surface area (Å²) in [7, 11) is 0.697. The van der Waals surface area contributed by atoms with E-state index in [9.17, 15) is 0 Å². The van der Waals surface area contributed by atoms with E-state index in [4.69, 9.17) is 17.3 Å². The minimum absolute atomic E-state index is 0.366. The van der Waals surface area contributed by atoms with Crippen molar-refractivity contribution in [2.75, 3.05) is 6.66 Å². The highest BCUT2D eigenvalue weighted by atomic mass is 35.5. The minimum atomic E-state index is 0.366. The lowest BCUT2D eigenvalue weighted by atomic mass is 10.3. The van der Waals surface area contributed by atoms with Gasteiger partial charge in [0.05, 0.1) is 10.7 Å². The second kappa shape index (κ2) is 5.89. The van der Waals surface area contributed by atoms with Crippen LogP contribution in [0.1, 0.15) is 6.92 Å². The van der Waals surface area contributed by atoms with Gasteiger partial charge in [0.1, 0.15) is 5.84 Å². The van der Waals surface area contributed by atoms with Gasteiger partial charge in [-0.3, -0.25) is 0 Å². The number of hydrogen-bond donors (Lipinski definition) is 1. The summed E-state index contributed by atoms with van der Waals surface area (Å²) >= 11 is 5.87. The number of amidine groups is 1. The van der Waals surface area contributed by atoms with Crippen LogP contribution in [0.5, 0.6) is 0 Å². The molecule has 0 aromatic heterocycles. The normalized spacial score (nSPS) is 13.8. The van der Waals surface area contributed by atoms with Crippen LogP contribution in [0.2, 0.25) is 0 Å². The maximum absolute atomic E-state index is 5.87. The van der Waals surface area contributed by atoms with E-state index in [0.717, 1.165) is 5.69 Å². The monoisotopic (exact) mass is 240 g/mol. The van der Waals surface area contributed by atoms with Crippen molar-refractivity contribution in [1.29, 1.82) is 0 Å². The highest BCUT2D eigenvalue weighted by Gasteiger charge is 2.01. The smallest absolute Gasteiger partial charge is 0.142 e. The summed E-state index contributed by atoms with van der Waals surface area (Å²) in [5.74, 6) is 0.366. The Kier molecular flexibility index (Phi) is 4.80. The molecule has 2 nitrogen and oxygen atoms in total. The largest absolute Gasteiger partial charge is 0.382 e. The number of allylic oxidation sites excluding steroid dienone is 1. The number of nitrogens with zero attached hydrogens (tertiary/aromatic N) is 1. The molecule has 1 rings (SSSR count). The maximum atomic E-state index is 5.87. The maximum Gasteiger partial charge on any atom is 0.142 e. The van der Waals surface area contributed by atoms with Crippen LogP contribution in [0.4, 0.5) is 5.69 Å². The van der Waals surface area contributed by atoms with E-state index >= 15 is 0 Å². The Balaban J connectivity index is 3.07. The van der Waals surface area contributed by atoms with Gasteiger partial charge < -0.3 is 5.73 Å². The van der Waals surface area contributed by atoms with Gasteiger partial charge in [0.2, 0.25) is 0 Å². The molecule has 0 amide bonds. The average molecular weight is 241 g/mol. The van der Waals surface area contributed by atoms with Crippen LogP contribution in [0.25, 0.3) is 0 Å². The Bertz CT molecular complexity index is 399. The quantitative estimate of drug-likeness (QED) is 0.493. The molecule has 1 aromatic rings. The lowest BCUT2D eigenvalue weighted by molar-refractivity contribution is 1.49. The molecular formula is C11H14ClN2P. The van der Waals surface area contributed by atoms with E-state index in [1.54, 1.807) is 6.08 Å². The molecule has 4 heteroatoms. The fourth-order valence-corrected chi connectivity index (χ4v) is 1.81. The van der Waals surface area contributed by atoms with Crippen LogP contribution >= 0.6 is 20.2 Å². The molecule has 1 unspecified atom stereocenters. The van der Waals surface area contributed by atoms with Crippen LogP contribution < -0.4 is 11.0 Å². The van der Waals surface area contributed by atoms with E-state index in [2.05, 4.69) is 11.7 Å². The Morgan fingerprint density at radius 1 is 1.47 bits per heavy atom. The zero-order chi connectivity index (χ0) is 11.3. The first-order chi connectivity index (χ1) is 7.19. The van der Waals surface area contributed by atoms with Gasteiger partial charge >= 0.3 is 0 Å². The summed E-state index contributed by atoms with van der Waals surface area (Å²) in [6.45, 7) is 3.94. The topological polar surface area (TPSA) is 38.4 Å². The van der Waals surface area contributed by atoms with E-state index in [0.29, 0.717) is 19.4 Å². The molecule has 0 aliphatic rings. The second-order valence-electron chi connectivity index (χ2n) is 2.90. The molecule has 0 spiro atoms. The van der Waals surface area contributed by atoms with Gasteiger partial charge in [-0.05, 0) is 25.0 Å². The molecule has 80 valence electrons. The Morgan fingerprint density at radius 2 is 2.13 bits per heavy atom. The van der Waals surface area contributed by atoms with E-state index in [1.807, 2.05) is 31.2 Å². The average Bonchev–Trinajstić information content (AvgIpc) is 2.28. The van der Waals surface area contributed by atoms with Crippen molar-refractivity contribution in [3.8, 4) is 0 Å². The first-order valence-corrected chi connectivity index (χ1v) is 6.50. The van der Waals surface area contributed by atoms with E-state index < -0.39 is 0 Å². The van der Waals surface area contributed by atoms with Gasteiger partial charge in [-0.1, -0.05) is 44.5 Å². The van der Waals surface area contributed by atoms with E-state index in [-0.39, 0.29) is 0 Å². The predicted molar refractivity (Wildman–Crippen MR) is 71.2 cm³/mol. The van der Waals surface area contributed by atoms with Crippen molar-refractivity contribution < 1.29 is 0 Å². The summed E-state index contributed by atoms with van der Waals surface area (Å²) in [5, 5.41) is 1.69. The molecule has 0 aliphatic heterocycles. The first kappa shape index (κ1) is 12.2. The van der Waals surface area contributed by atoms with Crippen LogP contribution in [-0.4, -0.2) is 12.5 Å². The molecule has 0 fully saturated rings. The number of para-hydroxylation sites is 1. The van der Waals surface area contributed by atoms with Crippen LogP contribution in [-0.2, 0) is 0 Å². The van der Waals surface area contributed by atoms with Crippen LogP contribution in [0, 0.1) is 0 Å². The highest BCUT2D eigenvalue weighted by molar-refractivity contribution is 7.46. The number of rotatable bonds is 3. The molecule has 2 N–H and O–H groups in total. The molecule has 1 atom stereocenters. The van der Waals surface area contributed by atoms with Crippen molar-refractivity contribution in [2.45, 2.75) is 6.92 Å². The fraction of sp³-hybridized carbons (Fsp3) is 0.182. The number of halogens is 1. The zero-order valence-electron chi connectivity index (χ0n) is 8.79. The van der Waals surface area contributed by atoms with Crippen molar-refractivity contribution >= 4 is 37.0 Å². The standard InChI is InChI=1S/C11H14ClN2P/c1-3-8(12)11(13)14-9-6-4-5-7-10(9)15-2/h3-7,15H,1-2H3,(H2,13,14)/b8-3+. The zero-order valence-corrected chi connectivity index (χ0v) is 10.5. The Morgan fingerprint density at radius 3 is 2.73 bits per heavy atom. The number of hydrogen-bond acceptors (Lipinski definition) is 1. The molecule has 0 saturated carbocycles. The summed E-state index contributed by atoms with van der Waals surface area (Å²) in [4.78, 5) is 4.30. The van der Waals surface area contributed by atoms with Gasteiger partial charge in [0.25, 0.3) is 0 Å². The molecular weight excluding hydrogens is 227 g/mol. The number of aliphatic imine (C=N–C) groups is 1. The predicted octanol–water partition coefficient (Wildman–Crippen LogP) is 2.75. The molecule has 0 radical (unpaired) electrons. The van der Waals surface area contributed by atoms with Crippen molar-refractivity contribution in [3.63, 3.8) is 0 Å². The lowest BCUT2D eigenvalue weighted by Gasteiger charge is -2.03. The number of benzene rings is 1. The van der Waals surface area contributed by atoms with Crippen molar-refractivity contribution in [3.05, 3.63) is 35.4 Å². The first-order valence-electron chi connectivity index (χ1n) is 4.62. The van der Waals surface area contributed by atoms with E-state index in [1.165, 1.54) is 5.30 Å². The third-order valence-electron chi connectivity index (χ3n) is 1.91. The van der Waals surface area contributed by atoms with Gasteiger partial charge in [-0.15, -0.1) is 0 Å². The molecule has 0 aliphatic carbocycles. The molecule has 0 heterocycles. The molecule has 15 heavy (non-hydrogen) atoms. The number of nitrogens with two attached hydrogens (primary N) is 1. The summed E-state index contributed by atoms with van der Waals surface area (Å²) < 4.78 is 0. The van der Waals surface area contributed by atoms with Gasteiger partial charge in [0.15, 0.2) is 0 Å². The second-order valence-corrected chi connectivity index (χ2v) is 4.35. The van der Waals surface area contributed by atoms with Crippen LogP contribution in [0.15, 0.2) is 40.4 Å². The Hall–Kier alpha value is -0.850.